The fourth-order valence-electron chi connectivity index (χ4n) is 6.17. The third kappa shape index (κ3) is 4.15. The van der Waals surface area contributed by atoms with Crippen molar-refractivity contribution in [2.45, 2.75) is 88.6 Å². The van der Waals surface area contributed by atoms with Crippen molar-refractivity contribution in [2.75, 3.05) is 6.61 Å². The molecule has 1 aromatic carbocycles. The van der Waals surface area contributed by atoms with E-state index in [2.05, 4.69) is 107 Å². The average Bonchev–Trinajstić information content (AvgIpc) is 3.35. The van der Waals surface area contributed by atoms with Crippen molar-refractivity contribution in [1.82, 2.24) is 0 Å². The summed E-state index contributed by atoms with van der Waals surface area (Å²) in [5, 5.41) is 0.120. The lowest BCUT2D eigenvalue weighted by Gasteiger charge is -2.52. The first-order valence-electron chi connectivity index (χ1n) is 12.7. The third-order valence-corrected chi connectivity index (χ3v) is 15.2. The second-order valence-corrected chi connectivity index (χ2v) is 16.8. The highest BCUT2D eigenvalue weighted by Crippen LogP contribution is 2.63. The highest BCUT2D eigenvalue weighted by Gasteiger charge is 2.61. The fourth-order valence-corrected chi connectivity index (χ4v) is 11.7. The van der Waals surface area contributed by atoms with Gasteiger partial charge < -0.3 is 4.74 Å². The maximum atomic E-state index is 5.93. The molecule has 0 saturated carbocycles. The molecule has 0 bridgehead atoms. The van der Waals surface area contributed by atoms with Crippen LogP contribution in [0.2, 0.25) is 17.6 Å². The van der Waals surface area contributed by atoms with Gasteiger partial charge in [0.25, 0.3) is 0 Å². The Hall–Kier alpha value is -2.08. The van der Waals surface area contributed by atoms with Crippen LogP contribution in [0.25, 0.3) is 5.57 Å². The van der Waals surface area contributed by atoms with E-state index in [4.69, 9.17) is 4.74 Å². The van der Waals surface area contributed by atoms with E-state index in [1.807, 2.05) is 6.08 Å². The molecule has 3 aliphatic carbocycles. The Balaban J connectivity index is 1.63. The molecule has 3 aliphatic rings. The van der Waals surface area contributed by atoms with Crippen molar-refractivity contribution < 1.29 is 4.74 Å². The van der Waals surface area contributed by atoms with E-state index in [1.54, 1.807) is 0 Å². The highest BCUT2D eigenvalue weighted by molar-refractivity contribution is 6.86. The van der Waals surface area contributed by atoms with Gasteiger partial charge in [0.1, 0.15) is 0 Å². The zero-order chi connectivity index (χ0) is 23.7. The maximum Gasteiger partial charge on any atom is 0.0822 e. The van der Waals surface area contributed by atoms with Gasteiger partial charge in [0.2, 0.25) is 0 Å². The molecule has 0 N–H and O–H groups in total. The first kappa shape index (κ1) is 24.1. The molecule has 2 heteroatoms. The summed E-state index contributed by atoms with van der Waals surface area (Å²) in [6.45, 7) is 14.9. The molecule has 0 amide bonds. The predicted octanol–water partition coefficient (Wildman–Crippen LogP) is 8.47. The number of unbranched alkanes of at least 4 members (excludes halogenated alkanes) is 3. The van der Waals surface area contributed by atoms with E-state index < -0.39 is 8.07 Å². The van der Waals surface area contributed by atoms with Gasteiger partial charge in [0.15, 0.2) is 0 Å². The minimum Gasteiger partial charge on any atom is -0.376 e. The Kier molecular flexibility index (Phi) is 6.51. The molecule has 2 atom stereocenters. The van der Waals surface area contributed by atoms with Crippen LogP contribution in [0.15, 0.2) is 77.8 Å². The van der Waals surface area contributed by atoms with E-state index >= 15 is 0 Å². The van der Waals surface area contributed by atoms with Crippen LogP contribution in [-0.2, 0) is 9.78 Å². The van der Waals surface area contributed by atoms with E-state index in [0.29, 0.717) is 0 Å². The van der Waals surface area contributed by atoms with E-state index in [1.165, 1.54) is 47.6 Å². The fraction of sp³-hybridized carbons (Fsp3) is 0.484. The Morgan fingerprint density at radius 2 is 1.67 bits per heavy atom. The number of benzene rings is 1. The van der Waals surface area contributed by atoms with Crippen molar-refractivity contribution in [3.8, 4) is 0 Å². The van der Waals surface area contributed by atoms with Crippen LogP contribution in [0.3, 0.4) is 0 Å². The normalized spacial score (nSPS) is 23.8. The first-order chi connectivity index (χ1) is 15.6. The van der Waals surface area contributed by atoms with Crippen molar-refractivity contribution in [2.24, 2.45) is 0 Å². The molecular weight excluding hydrogens is 416 g/mol. The van der Waals surface area contributed by atoms with Gasteiger partial charge in [-0.1, -0.05) is 106 Å². The number of allylic oxidation sites excluding steroid dienone is 8. The summed E-state index contributed by atoms with van der Waals surface area (Å²) in [7, 11) is -1.99. The summed E-state index contributed by atoms with van der Waals surface area (Å²) in [6.07, 6.45) is 18.7. The van der Waals surface area contributed by atoms with Crippen molar-refractivity contribution in [3.63, 3.8) is 0 Å². The topological polar surface area (TPSA) is 9.23 Å². The van der Waals surface area contributed by atoms with Gasteiger partial charge in [-0.2, -0.15) is 0 Å². The van der Waals surface area contributed by atoms with Crippen molar-refractivity contribution in [1.29, 1.82) is 0 Å². The summed E-state index contributed by atoms with van der Waals surface area (Å²) in [6, 6.07) is 10.4. The summed E-state index contributed by atoms with van der Waals surface area (Å²) in [5.41, 5.74) is 12.5. The Morgan fingerprint density at radius 3 is 2.39 bits per heavy atom. The molecule has 0 saturated heterocycles. The smallest absolute Gasteiger partial charge is 0.0822 e. The van der Waals surface area contributed by atoms with Crippen LogP contribution in [0.5, 0.6) is 0 Å². The lowest BCUT2D eigenvalue weighted by atomic mass is 9.97. The molecule has 4 rings (SSSR count). The van der Waals surface area contributed by atoms with Crippen LogP contribution in [0, 0.1) is 0 Å². The molecule has 33 heavy (non-hydrogen) atoms. The zero-order valence-electron chi connectivity index (χ0n) is 21.4. The van der Waals surface area contributed by atoms with Crippen molar-refractivity contribution >= 4 is 13.6 Å². The van der Waals surface area contributed by atoms with Crippen LogP contribution in [0.1, 0.15) is 71.4 Å². The molecule has 0 fully saturated rings. The van der Waals surface area contributed by atoms with E-state index in [0.717, 1.165) is 13.0 Å². The monoisotopic (exact) mass is 456 g/mol. The highest BCUT2D eigenvalue weighted by atomic mass is 28.3. The molecule has 1 nitrogen and oxygen atoms in total. The Labute approximate surface area is 202 Å². The number of hydrogen-bond acceptors (Lipinski definition) is 1. The van der Waals surface area contributed by atoms with Crippen LogP contribution < -0.4 is 0 Å². The molecule has 2 unspecified atom stereocenters. The standard InChI is InChI=1S/C31H40OSi/c1-29(2,3)32-23-15-7-8-16-24-33(6,30(4)21-13-14-22-30)31(5)27-19-11-9-17-25(27)26-18-10-12-20-28(26)31/h9-11,13-14,17-19,21-22H,7-8,15-16,23-24H2,1-6H3. The quantitative estimate of drug-likeness (QED) is 0.206. The summed E-state index contributed by atoms with van der Waals surface area (Å²) in [4.78, 5) is 0. The molecule has 1 aromatic rings. The second-order valence-electron chi connectivity index (χ2n) is 11.5. The van der Waals surface area contributed by atoms with Gasteiger partial charge >= 0.3 is 0 Å². The number of rotatable bonds is 9. The molecule has 174 valence electrons. The number of fused-ring (bicyclic) bond motifs is 3. The number of ether oxygens (including phenoxy) is 1. The van der Waals surface area contributed by atoms with Gasteiger partial charge in [0.05, 0.1) is 13.7 Å². The van der Waals surface area contributed by atoms with Crippen LogP contribution in [-0.4, -0.2) is 20.3 Å². The molecule has 0 spiro atoms. The Bertz CT molecular complexity index is 1090. The predicted molar refractivity (Wildman–Crippen MR) is 144 cm³/mol. The lowest BCUT2D eigenvalue weighted by Crippen LogP contribution is -2.58. The number of hydrogen-bond donors (Lipinski definition) is 0. The van der Waals surface area contributed by atoms with Gasteiger partial charge in [-0.05, 0) is 61.1 Å². The minimum atomic E-state index is -1.99. The molecule has 0 heterocycles. The molecule has 0 aliphatic heterocycles. The summed E-state index contributed by atoms with van der Waals surface area (Å²) in [5.74, 6) is 0. The summed E-state index contributed by atoms with van der Waals surface area (Å²) >= 11 is 0. The lowest BCUT2D eigenvalue weighted by molar-refractivity contribution is -0.00471. The SMILES string of the molecule is CC(C)(C)OCCCCCC[Si](C)(C1(C)C=CC=C1)C1(C)C2=C=C=CC=C2c2ccccc21. The van der Waals surface area contributed by atoms with Crippen molar-refractivity contribution in [3.05, 3.63) is 88.9 Å². The third-order valence-electron chi connectivity index (χ3n) is 8.45. The minimum absolute atomic E-state index is 0.000196. The van der Waals surface area contributed by atoms with Gasteiger partial charge in [-0.15, -0.1) is 0 Å². The second kappa shape index (κ2) is 8.93. The van der Waals surface area contributed by atoms with Gasteiger partial charge in [-0.3, -0.25) is 0 Å². The van der Waals surface area contributed by atoms with Crippen LogP contribution in [0.4, 0.5) is 0 Å². The largest absolute Gasteiger partial charge is 0.376 e. The molecule has 0 aromatic heterocycles. The van der Waals surface area contributed by atoms with Gasteiger partial charge in [0, 0.05) is 17.2 Å². The van der Waals surface area contributed by atoms with E-state index in [9.17, 15) is 0 Å². The van der Waals surface area contributed by atoms with Crippen LogP contribution >= 0.6 is 0 Å². The first-order valence-corrected chi connectivity index (χ1v) is 15.4. The summed E-state index contributed by atoms with van der Waals surface area (Å²) < 4.78 is 5.93. The molecular formula is C31H40OSi. The average molecular weight is 457 g/mol. The van der Waals surface area contributed by atoms with Gasteiger partial charge in [-0.25, -0.2) is 0 Å². The maximum absolute atomic E-state index is 5.93. The van der Waals surface area contributed by atoms with E-state index in [-0.39, 0.29) is 15.7 Å². The molecule has 0 radical (unpaired) electrons. The zero-order valence-corrected chi connectivity index (χ0v) is 22.4. The Morgan fingerprint density at radius 1 is 0.970 bits per heavy atom.